The third-order valence-electron chi connectivity index (χ3n) is 8.62. The van der Waals surface area contributed by atoms with E-state index in [1.165, 1.54) is 12.8 Å². The van der Waals surface area contributed by atoms with E-state index >= 15 is 0 Å². The molecule has 3 fully saturated rings. The molecule has 1 aliphatic heterocycles. The molecule has 2 aromatic rings. The van der Waals surface area contributed by atoms with Crippen molar-refractivity contribution in [2.45, 2.75) is 61.9 Å². The number of carbonyl (C=O) groups is 2. The van der Waals surface area contributed by atoms with Crippen LogP contribution in [0.2, 0.25) is 0 Å². The van der Waals surface area contributed by atoms with E-state index in [1.807, 2.05) is 35.2 Å². The van der Waals surface area contributed by atoms with E-state index in [0.29, 0.717) is 63.4 Å². The van der Waals surface area contributed by atoms with Gasteiger partial charge in [0.25, 0.3) is 0 Å². The van der Waals surface area contributed by atoms with Gasteiger partial charge in [0.2, 0.25) is 15.9 Å². The Balaban J connectivity index is 1.10. The van der Waals surface area contributed by atoms with E-state index in [2.05, 4.69) is 4.72 Å². The lowest BCUT2D eigenvalue weighted by Crippen LogP contribution is -2.52. The summed E-state index contributed by atoms with van der Waals surface area (Å²) in [6.07, 6.45) is 6.42. The molecule has 200 valence electrons. The number of morpholine rings is 1. The van der Waals surface area contributed by atoms with Crippen molar-refractivity contribution in [3.05, 3.63) is 65.2 Å². The number of nitrogens with zero attached hydrogens (tertiary/aromatic N) is 1. The summed E-state index contributed by atoms with van der Waals surface area (Å²) in [5.41, 5.74) is 4.16. The number of sulfonamides is 1. The van der Waals surface area contributed by atoms with Crippen molar-refractivity contribution in [2.75, 3.05) is 19.8 Å². The van der Waals surface area contributed by atoms with Gasteiger partial charge in [-0.25, -0.2) is 13.1 Å². The van der Waals surface area contributed by atoms with Gasteiger partial charge in [0, 0.05) is 24.1 Å². The Labute approximate surface area is 224 Å². The van der Waals surface area contributed by atoms with Crippen molar-refractivity contribution < 1.29 is 22.7 Å². The van der Waals surface area contributed by atoms with Crippen LogP contribution in [-0.2, 0) is 30.8 Å². The first-order chi connectivity index (χ1) is 18.4. The fraction of sp³-hybridized carbons (Fsp3) is 0.467. The number of aldehydes is 1. The van der Waals surface area contributed by atoms with Gasteiger partial charge in [-0.3, -0.25) is 9.59 Å². The summed E-state index contributed by atoms with van der Waals surface area (Å²) in [5, 5.41) is 0. The highest BCUT2D eigenvalue weighted by molar-refractivity contribution is 7.89. The van der Waals surface area contributed by atoms with Crippen LogP contribution in [-0.4, -0.2) is 57.4 Å². The summed E-state index contributed by atoms with van der Waals surface area (Å²) in [6.45, 7) is 1.90. The van der Waals surface area contributed by atoms with E-state index in [4.69, 9.17) is 4.74 Å². The Kier molecular flexibility index (Phi) is 6.97. The number of benzene rings is 2. The molecule has 7 nitrogen and oxygen atoms in total. The quantitative estimate of drug-likeness (QED) is 0.545. The third-order valence-corrected chi connectivity index (χ3v) is 10.1. The van der Waals surface area contributed by atoms with Crippen LogP contribution < -0.4 is 4.72 Å². The van der Waals surface area contributed by atoms with Gasteiger partial charge in [0.05, 0.1) is 24.2 Å². The van der Waals surface area contributed by atoms with Crippen molar-refractivity contribution in [2.24, 2.45) is 11.8 Å². The van der Waals surface area contributed by atoms with Crippen LogP contribution in [0.3, 0.4) is 0 Å². The Hall–Kier alpha value is -2.81. The molecule has 2 aromatic carbocycles. The van der Waals surface area contributed by atoms with Gasteiger partial charge in [0.15, 0.2) is 6.29 Å². The lowest BCUT2D eigenvalue weighted by atomic mass is 9.85. The van der Waals surface area contributed by atoms with Crippen molar-refractivity contribution >= 4 is 33.4 Å². The van der Waals surface area contributed by atoms with Gasteiger partial charge >= 0.3 is 0 Å². The maximum absolute atomic E-state index is 13.3. The first-order valence-electron chi connectivity index (χ1n) is 13.7. The van der Waals surface area contributed by atoms with Crippen LogP contribution in [0, 0.1) is 11.8 Å². The zero-order chi connectivity index (χ0) is 26.3. The number of allylic oxidation sites excluding steroid dienone is 2. The van der Waals surface area contributed by atoms with Crippen LogP contribution in [0.25, 0.3) is 11.1 Å². The third kappa shape index (κ3) is 4.97. The molecule has 0 spiro atoms. The molecule has 4 aliphatic rings. The molecule has 0 unspecified atom stereocenters. The van der Waals surface area contributed by atoms with Gasteiger partial charge in [-0.05, 0) is 85.3 Å². The number of fused-ring (bicyclic) bond motifs is 1. The first-order valence-corrected chi connectivity index (χ1v) is 15.2. The van der Waals surface area contributed by atoms with E-state index < -0.39 is 10.0 Å². The molecule has 3 aliphatic carbocycles. The molecule has 1 N–H and O–H groups in total. The van der Waals surface area contributed by atoms with Crippen molar-refractivity contribution in [1.82, 2.24) is 9.62 Å². The number of hydrogen-bond donors (Lipinski definition) is 1. The number of nitrogens with one attached hydrogen (secondary N) is 1. The number of rotatable bonds is 7. The van der Waals surface area contributed by atoms with Crippen LogP contribution in [0.4, 0.5) is 0 Å². The molecule has 38 heavy (non-hydrogen) atoms. The maximum Gasteiger partial charge on any atom is 0.240 e. The molecule has 2 saturated carbocycles. The standard InChI is InChI=1S/C30H34N2O5S/c33-18-28-26-13-12-25(16-23(26)17-27(28)20-4-2-1-3-5-20)38(35,36)31-24-10-8-22(9-11-24)30(34)32-14-15-37-19-29(32)21-6-7-21/h1-5,12-13,16,18,21-22,24,29,31H,6-11,14-15,17,19H2/t22?,24?,29-/m1/s1. The zero-order valence-corrected chi connectivity index (χ0v) is 22.3. The van der Waals surface area contributed by atoms with Crippen molar-refractivity contribution in [1.29, 1.82) is 0 Å². The predicted octanol–water partition coefficient (Wildman–Crippen LogP) is 3.83. The topological polar surface area (TPSA) is 92.8 Å². The number of hydrogen-bond acceptors (Lipinski definition) is 5. The molecule has 8 heteroatoms. The molecule has 0 aromatic heterocycles. The highest BCUT2D eigenvalue weighted by Gasteiger charge is 2.41. The summed E-state index contributed by atoms with van der Waals surface area (Å²) in [7, 11) is -3.73. The SMILES string of the molecule is O=CC1=C(c2ccccc2)Cc2cc(S(=O)(=O)NC3CCC(C(=O)N4CCOC[C@@H]4C4CC4)CC3)ccc21. The summed E-state index contributed by atoms with van der Waals surface area (Å²) >= 11 is 0. The van der Waals surface area contributed by atoms with Crippen LogP contribution in [0.5, 0.6) is 0 Å². The van der Waals surface area contributed by atoms with E-state index in [1.54, 1.807) is 18.2 Å². The minimum Gasteiger partial charge on any atom is -0.377 e. The molecule has 1 atom stereocenters. The molecule has 0 bridgehead atoms. The Morgan fingerprint density at radius 3 is 2.47 bits per heavy atom. The Bertz CT molecular complexity index is 1360. The highest BCUT2D eigenvalue weighted by atomic mass is 32.2. The van der Waals surface area contributed by atoms with Crippen molar-refractivity contribution in [3.63, 3.8) is 0 Å². The first kappa shape index (κ1) is 25.5. The predicted molar refractivity (Wildman–Crippen MR) is 145 cm³/mol. The summed E-state index contributed by atoms with van der Waals surface area (Å²) < 4.78 is 35.1. The van der Waals surface area contributed by atoms with Gasteiger partial charge < -0.3 is 9.64 Å². The second-order valence-corrected chi connectivity index (χ2v) is 12.8. The Morgan fingerprint density at radius 1 is 1.00 bits per heavy atom. The molecule has 0 radical (unpaired) electrons. The Morgan fingerprint density at radius 2 is 1.76 bits per heavy atom. The van der Waals surface area contributed by atoms with Gasteiger partial charge in [-0.1, -0.05) is 36.4 Å². The fourth-order valence-corrected chi connectivity index (χ4v) is 7.73. The van der Waals surface area contributed by atoms with Gasteiger partial charge in [0.1, 0.15) is 0 Å². The van der Waals surface area contributed by atoms with Gasteiger partial charge in [-0.2, -0.15) is 0 Å². The van der Waals surface area contributed by atoms with Crippen LogP contribution in [0.15, 0.2) is 53.4 Å². The van der Waals surface area contributed by atoms with Crippen LogP contribution in [0.1, 0.15) is 55.2 Å². The average Bonchev–Trinajstić information content (AvgIpc) is 3.73. The maximum atomic E-state index is 13.3. The fourth-order valence-electron chi connectivity index (χ4n) is 6.37. The molecular formula is C30H34N2O5S. The average molecular weight is 535 g/mol. The lowest BCUT2D eigenvalue weighted by molar-refractivity contribution is -0.146. The highest BCUT2D eigenvalue weighted by Crippen LogP contribution is 2.39. The second-order valence-electron chi connectivity index (χ2n) is 11.1. The monoisotopic (exact) mass is 534 g/mol. The molecular weight excluding hydrogens is 500 g/mol. The van der Waals surface area contributed by atoms with Gasteiger partial charge in [-0.15, -0.1) is 0 Å². The number of ether oxygens (including phenoxy) is 1. The molecule has 1 heterocycles. The molecule has 1 amide bonds. The lowest BCUT2D eigenvalue weighted by Gasteiger charge is -2.39. The van der Waals surface area contributed by atoms with E-state index in [9.17, 15) is 18.0 Å². The van der Waals surface area contributed by atoms with Crippen molar-refractivity contribution in [3.8, 4) is 0 Å². The zero-order valence-electron chi connectivity index (χ0n) is 21.5. The summed E-state index contributed by atoms with van der Waals surface area (Å²) in [6, 6.07) is 14.8. The minimum absolute atomic E-state index is 0.0423. The normalized spacial score (nSPS) is 25.8. The van der Waals surface area contributed by atoms with Crippen LogP contribution >= 0.6 is 0 Å². The summed E-state index contributed by atoms with van der Waals surface area (Å²) in [5.74, 6) is 0.758. The molecule has 6 rings (SSSR count). The number of carbonyl (C=O) groups excluding carboxylic acids is 2. The smallest absolute Gasteiger partial charge is 0.240 e. The summed E-state index contributed by atoms with van der Waals surface area (Å²) in [4.78, 5) is 27.5. The second kappa shape index (κ2) is 10.4. The molecule has 1 saturated heterocycles. The largest absolute Gasteiger partial charge is 0.377 e. The number of amides is 1. The van der Waals surface area contributed by atoms with E-state index in [-0.39, 0.29) is 28.8 Å². The minimum atomic E-state index is -3.73. The van der Waals surface area contributed by atoms with E-state index in [0.717, 1.165) is 28.5 Å².